The summed E-state index contributed by atoms with van der Waals surface area (Å²) in [4.78, 5) is 0. The Bertz CT molecular complexity index is 138. The van der Waals surface area contributed by atoms with Crippen LogP contribution in [-0.2, 0) is 0 Å². The Hall–Kier alpha value is -0.440. The second-order valence-electron chi connectivity index (χ2n) is 4.23. The van der Waals surface area contributed by atoms with E-state index in [4.69, 9.17) is 5.53 Å². The molecule has 0 aromatic rings. The highest BCUT2D eigenvalue weighted by atomic mass is 15.0. The molecule has 3 heteroatoms. The first kappa shape index (κ1) is 10.6. The third kappa shape index (κ3) is 4.09. The smallest absolute Gasteiger partial charge is 0.0774 e. The summed E-state index contributed by atoms with van der Waals surface area (Å²) in [7, 11) is 1.93. The Kier molecular flexibility index (Phi) is 3.17. The van der Waals surface area contributed by atoms with Crippen LogP contribution in [0.1, 0.15) is 34.1 Å². The van der Waals surface area contributed by atoms with Gasteiger partial charge in [0.05, 0.1) is 5.54 Å². The Morgan fingerprint density at radius 1 is 1.27 bits per heavy atom. The second-order valence-corrected chi connectivity index (χ2v) is 4.23. The van der Waals surface area contributed by atoms with Crippen LogP contribution >= 0.6 is 0 Å². The van der Waals surface area contributed by atoms with Crippen molar-refractivity contribution < 1.29 is 0 Å². The normalized spacial score (nSPS) is 13.2. The molecule has 0 rings (SSSR count). The molecule has 0 aliphatic carbocycles. The van der Waals surface area contributed by atoms with E-state index in [0.717, 1.165) is 6.42 Å². The first-order chi connectivity index (χ1) is 4.83. The SMILES string of the molecule is CNC(C)(C)CC(C)(C)N=N. The maximum absolute atomic E-state index is 6.96. The van der Waals surface area contributed by atoms with Crippen LogP contribution in [0.3, 0.4) is 0 Å². The zero-order valence-corrected chi connectivity index (χ0v) is 8.15. The van der Waals surface area contributed by atoms with Gasteiger partial charge in [-0.15, -0.1) is 0 Å². The van der Waals surface area contributed by atoms with Crippen LogP contribution in [0.4, 0.5) is 0 Å². The van der Waals surface area contributed by atoms with Gasteiger partial charge < -0.3 is 5.32 Å². The van der Waals surface area contributed by atoms with Gasteiger partial charge in [-0.3, -0.25) is 0 Å². The third-order valence-electron chi connectivity index (χ3n) is 1.85. The molecule has 0 aromatic heterocycles. The lowest BCUT2D eigenvalue weighted by atomic mass is 9.88. The number of nitrogens with zero attached hydrogens (tertiary/aromatic N) is 1. The van der Waals surface area contributed by atoms with Crippen LogP contribution in [0, 0.1) is 5.53 Å². The van der Waals surface area contributed by atoms with Crippen LogP contribution in [-0.4, -0.2) is 18.1 Å². The van der Waals surface area contributed by atoms with Gasteiger partial charge in [-0.05, 0) is 41.2 Å². The summed E-state index contributed by atoms with van der Waals surface area (Å²) in [6.45, 7) is 8.16. The summed E-state index contributed by atoms with van der Waals surface area (Å²) < 4.78 is 0. The molecule has 0 atom stereocenters. The van der Waals surface area contributed by atoms with Crippen molar-refractivity contribution in [1.82, 2.24) is 5.32 Å². The molecule has 11 heavy (non-hydrogen) atoms. The first-order valence-electron chi connectivity index (χ1n) is 3.90. The molecule has 0 aliphatic heterocycles. The fraction of sp³-hybridized carbons (Fsp3) is 1.00. The van der Waals surface area contributed by atoms with Crippen molar-refractivity contribution in [1.29, 1.82) is 5.53 Å². The molecular formula is C8H19N3. The Labute approximate surface area is 69.1 Å². The quantitative estimate of drug-likeness (QED) is 0.604. The van der Waals surface area contributed by atoms with Crippen LogP contribution < -0.4 is 5.32 Å². The van der Waals surface area contributed by atoms with Gasteiger partial charge in [-0.25, -0.2) is 5.53 Å². The zero-order valence-electron chi connectivity index (χ0n) is 8.15. The van der Waals surface area contributed by atoms with Crippen molar-refractivity contribution in [2.45, 2.75) is 45.2 Å². The van der Waals surface area contributed by atoms with Gasteiger partial charge in [0.1, 0.15) is 0 Å². The average Bonchev–Trinajstić information content (AvgIpc) is 1.86. The van der Waals surface area contributed by atoms with Crippen LogP contribution in [0.15, 0.2) is 5.11 Å². The molecule has 0 radical (unpaired) electrons. The first-order valence-corrected chi connectivity index (χ1v) is 3.90. The van der Waals surface area contributed by atoms with Crippen molar-refractivity contribution in [2.24, 2.45) is 5.11 Å². The standard InChI is InChI=1S/C8H19N3/c1-7(2,10-5)6-8(3,4)11-9/h9-10H,6H2,1-5H3. The predicted molar refractivity (Wildman–Crippen MR) is 47.0 cm³/mol. The maximum Gasteiger partial charge on any atom is 0.0774 e. The summed E-state index contributed by atoms with van der Waals surface area (Å²) >= 11 is 0. The lowest BCUT2D eigenvalue weighted by Gasteiger charge is -2.30. The van der Waals surface area contributed by atoms with E-state index >= 15 is 0 Å². The van der Waals surface area contributed by atoms with E-state index in [1.807, 2.05) is 20.9 Å². The van der Waals surface area contributed by atoms with Crippen LogP contribution in [0.5, 0.6) is 0 Å². The molecule has 0 bridgehead atoms. The Morgan fingerprint density at radius 2 is 1.73 bits per heavy atom. The van der Waals surface area contributed by atoms with Crippen LogP contribution in [0.2, 0.25) is 0 Å². The van der Waals surface area contributed by atoms with E-state index in [1.54, 1.807) is 0 Å². The molecule has 0 aromatic carbocycles. The van der Waals surface area contributed by atoms with Gasteiger partial charge in [-0.1, -0.05) is 0 Å². The minimum absolute atomic E-state index is 0.0635. The lowest BCUT2D eigenvalue weighted by molar-refractivity contribution is 0.297. The molecule has 3 nitrogen and oxygen atoms in total. The maximum atomic E-state index is 6.96. The Balaban J connectivity index is 4.12. The second kappa shape index (κ2) is 3.30. The molecule has 0 saturated carbocycles. The highest BCUT2D eigenvalue weighted by Crippen LogP contribution is 2.22. The molecule has 0 aliphatic rings. The number of hydrogen-bond acceptors (Lipinski definition) is 3. The molecule has 0 amide bonds. The van der Waals surface area contributed by atoms with E-state index in [0.29, 0.717) is 0 Å². The molecule has 0 saturated heterocycles. The summed E-state index contributed by atoms with van der Waals surface area (Å²) in [5, 5.41) is 6.75. The molecule has 66 valence electrons. The molecule has 0 spiro atoms. The highest BCUT2D eigenvalue weighted by molar-refractivity contribution is 4.87. The van der Waals surface area contributed by atoms with Crippen molar-refractivity contribution in [3.05, 3.63) is 0 Å². The van der Waals surface area contributed by atoms with Gasteiger partial charge >= 0.3 is 0 Å². The summed E-state index contributed by atoms with van der Waals surface area (Å²) in [5.41, 5.74) is 6.78. The minimum atomic E-state index is -0.244. The zero-order chi connectivity index (χ0) is 9.12. The fourth-order valence-electron chi connectivity index (χ4n) is 1.21. The minimum Gasteiger partial charge on any atom is -0.315 e. The summed E-state index contributed by atoms with van der Waals surface area (Å²) in [6.07, 6.45) is 0.875. The lowest BCUT2D eigenvalue weighted by Crippen LogP contribution is -2.42. The number of nitrogens with one attached hydrogen (secondary N) is 2. The van der Waals surface area contributed by atoms with Gasteiger partial charge in [0.15, 0.2) is 0 Å². The van der Waals surface area contributed by atoms with Crippen molar-refractivity contribution in [3.63, 3.8) is 0 Å². The highest BCUT2D eigenvalue weighted by Gasteiger charge is 2.26. The molecule has 0 fully saturated rings. The van der Waals surface area contributed by atoms with Gasteiger partial charge in [0, 0.05) is 5.54 Å². The van der Waals surface area contributed by atoms with E-state index < -0.39 is 0 Å². The third-order valence-corrected chi connectivity index (χ3v) is 1.85. The van der Waals surface area contributed by atoms with E-state index in [2.05, 4.69) is 24.3 Å². The fourth-order valence-corrected chi connectivity index (χ4v) is 1.21. The van der Waals surface area contributed by atoms with Gasteiger partial charge in [0.2, 0.25) is 0 Å². The van der Waals surface area contributed by atoms with Gasteiger partial charge in [-0.2, -0.15) is 5.11 Å². The topological polar surface area (TPSA) is 48.2 Å². The average molecular weight is 157 g/mol. The largest absolute Gasteiger partial charge is 0.315 e. The van der Waals surface area contributed by atoms with Crippen LogP contribution in [0.25, 0.3) is 0 Å². The molecule has 0 heterocycles. The Morgan fingerprint density at radius 3 is 2.00 bits per heavy atom. The summed E-state index contributed by atoms with van der Waals surface area (Å²) in [6, 6.07) is 0. The molecule has 2 N–H and O–H groups in total. The van der Waals surface area contributed by atoms with E-state index in [9.17, 15) is 0 Å². The van der Waals surface area contributed by atoms with Crippen molar-refractivity contribution in [2.75, 3.05) is 7.05 Å². The van der Waals surface area contributed by atoms with Crippen molar-refractivity contribution in [3.8, 4) is 0 Å². The van der Waals surface area contributed by atoms with E-state index in [-0.39, 0.29) is 11.1 Å². The summed E-state index contributed by atoms with van der Waals surface area (Å²) in [5.74, 6) is 0. The van der Waals surface area contributed by atoms with Gasteiger partial charge in [0.25, 0.3) is 0 Å². The molecule has 0 unspecified atom stereocenters. The van der Waals surface area contributed by atoms with Crippen molar-refractivity contribution >= 4 is 0 Å². The molecular weight excluding hydrogens is 138 g/mol. The monoisotopic (exact) mass is 157 g/mol. The van der Waals surface area contributed by atoms with E-state index in [1.165, 1.54) is 0 Å². The number of rotatable bonds is 4. The predicted octanol–water partition coefficient (Wildman–Crippen LogP) is 2.18. The number of hydrogen-bond donors (Lipinski definition) is 2.